The highest BCUT2D eigenvalue weighted by atomic mass is 19.1. The number of fused-ring (bicyclic) bond motifs is 3. The zero-order chi connectivity index (χ0) is 21.2. The van der Waals surface area contributed by atoms with Crippen molar-refractivity contribution >= 4 is 17.3 Å². The van der Waals surface area contributed by atoms with E-state index >= 15 is 0 Å². The topological polar surface area (TPSA) is 35.6 Å². The predicted molar refractivity (Wildman–Crippen MR) is 122 cm³/mol. The Kier molecular flexibility index (Phi) is 5.33. The summed E-state index contributed by atoms with van der Waals surface area (Å²) in [4.78, 5) is 18.1. The van der Waals surface area contributed by atoms with E-state index in [9.17, 15) is 9.18 Å². The molecule has 1 saturated heterocycles. The lowest BCUT2D eigenvalue weighted by Crippen LogP contribution is -2.61. The third kappa shape index (κ3) is 4.00. The summed E-state index contributed by atoms with van der Waals surface area (Å²) in [6.07, 6.45) is 0.717. The maximum atomic E-state index is 13.5. The summed E-state index contributed by atoms with van der Waals surface area (Å²) in [7, 11) is 0. The molecule has 4 nitrogen and oxygen atoms in total. The Bertz CT molecular complexity index is 1070. The predicted octanol–water partition coefficient (Wildman–Crippen LogP) is 4.01. The SMILES string of the molecule is O=C(NCc1cccc(F)c1)[C@H]1Cc2ccccc2N2CCN(c3ccccc3)C[C@@H]12. The van der Waals surface area contributed by atoms with E-state index in [0.29, 0.717) is 6.54 Å². The fourth-order valence-corrected chi connectivity index (χ4v) is 4.90. The smallest absolute Gasteiger partial charge is 0.225 e. The van der Waals surface area contributed by atoms with Gasteiger partial charge in [-0.2, -0.15) is 0 Å². The molecule has 0 unspecified atom stereocenters. The van der Waals surface area contributed by atoms with Gasteiger partial charge in [-0.05, 0) is 47.9 Å². The van der Waals surface area contributed by atoms with Crippen molar-refractivity contribution in [3.05, 3.63) is 95.8 Å². The lowest BCUT2D eigenvalue weighted by atomic mass is 9.83. The molecule has 3 aromatic carbocycles. The molecule has 5 heteroatoms. The van der Waals surface area contributed by atoms with Crippen LogP contribution in [0.5, 0.6) is 0 Å². The fraction of sp³-hybridized carbons (Fsp3) is 0.269. The fourth-order valence-electron chi connectivity index (χ4n) is 4.90. The van der Waals surface area contributed by atoms with E-state index in [4.69, 9.17) is 0 Å². The van der Waals surface area contributed by atoms with Gasteiger partial charge in [-0.3, -0.25) is 4.79 Å². The second kappa shape index (κ2) is 8.42. The highest BCUT2D eigenvalue weighted by molar-refractivity contribution is 5.82. The molecule has 5 rings (SSSR count). The number of nitrogens with one attached hydrogen (secondary N) is 1. The summed E-state index contributed by atoms with van der Waals surface area (Å²) >= 11 is 0. The molecule has 0 bridgehead atoms. The van der Waals surface area contributed by atoms with E-state index in [1.165, 1.54) is 29.1 Å². The number of rotatable bonds is 4. The molecule has 0 spiro atoms. The van der Waals surface area contributed by atoms with Crippen molar-refractivity contribution in [1.29, 1.82) is 0 Å². The molecule has 2 aliphatic heterocycles. The highest BCUT2D eigenvalue weighted by Crippen LogP contribution is 2.36. The third-order valence-electron chi connectivity index (χ3n) is 6.44. The average molecular weight is 416 g/mol. The van der Waals surface area contributed by atoms with Gasteiger partial charge in [0, 0.05) is 37.6 Å². The van der Waals surface area contributed by atoms with Gasteiger partial charge in [-0.15, -0.1) is 0 Å². The zero-order valence-corrected chi connectivity index (χ0v) is 17.4. The van der Waals surface area contributed by atoms with Crippen LogP contribution in [-0.4, -0.2) is 31.6 Å². The molecule has 0 radical (unpaired) electrons. The molecule has 1 amide bonds. The molecule has 2 aliphatic rings. The number of carbonyl (C=O) groups is 1. The van der Waals surface area contributed by atoms with Crippen LogP contribution in [0.2, 0.25) is 0 Å². The van der Waals surface area contributed by atoms with Crippen LogP contribution in [-0.2, 0) is 17.8 Å². The second-order valence-corrected chi connectivity index (χ2v) is 8.33. The van der Waals surface area contributed by atoms with Gasteiger partial charge in [0.05, 0.1) is 12.0 Å². The van der Waals surface area contributed by atoms with Crippen molar-refractivity contribution in [2.75, 3.05) is 29.4 Å². The molecule has 2 heterocycles. The number of hydrogen-bond donors (Lipinski definition) is 1. The number of carbonyl (C=O) groups excluding carboxylic acids is 1. The van der Waals surface area contributed by atoms with Crippen molar-refractivity contribution in [3.8, 4) is 0 Å². The number of amides is 1. The number of hydrogen-bond acceptors (Lipinski definition) is 3. The number of anilines is 2. The van der Waals surface area contributed by atoms with Crippen molar-refractivity contribution < 1.29 is 9.18 Å². The molecular weight excluding hydrogens is 389 g/mol. The largest absolute Gasteiger partial charge is 0.368 e. The quantitative estimate of drug-likeness (QED) is 0.699. The van der Waals surface area contributed by atoms with E-state index in [1.54, 1.807) is 6.07 Å². The van der Waals surface area contributed by atoms with Crippen molar-refractivity contribution in [1.82, 2.24) is 5.32 Å². The maximum absolute atomic E-state index is 13.5. The standard InChI is InChI=1S/C26H26FN3O/c27-21-9-6-7-19(15-21)17-28-26(31)23-16-20-8-4-5-12-24(20)30-14-13-29(18-25(23)30)22-10-2-1-3-11-22/h1-12,15,23,25H,13-14,16-18H2,(H,28,31)/t23-,25-/m0/s1. The Balaban J connectivity index is 1.39. The minimum atomic E-state index is -0.282. The summed E-state index contributed by atoms with van der Waals surface area (Å²) in [5.74, 6) is -0.408. The number of benzene rings is 3. The summed E-state index contributed by atoms with van der Waals surface area (Å²) in [6.45, 7) is 2.94. The minimum absolute atomic E-state index is 0.0312. The molecule has 3 aromatic rings. The van der Waals surface area contributed by atoms with Gasteiger partial charge in [0.1, 0.15) is 5.82 Å². The lowest BCUT2D eigenvalue weighted by molar-refractivity contribution is -0.126. The Morgan fingerprint density at radius 3 is 2.61 bits per heavy atom. The number of halogens is 1. The monoisotopic (exact) mass is 415 g/mol. The van der Waals surface area contributed by atoms with Gasteiger partial charge < -0.3 is 15.1 Å². The maximum Gasteiger partial charge on any atom is 0.225 e. The van der Waals surface area contributed by atoms with Crippen LogP contribution in [0.4, 0.5) is 15.8 Å². The Labute approximate surface area is 182 Å². The first kappa shape index (κ1) is 19.6. The molecule has 0 aliphatic carbocycles. The molecule has 0 saturated carbocycles. The summed E-state index contributed by atoms with van der Waals surface area (Å²) in [6, 6.07) is 25.3. The van der Waals surface area contributed by atoms with Crippen LogP contribution < -0.4 is 15.1 Å². The second-order valence-electron chi connectivity index (χ2n) is 8.33. The first-order chi connectivity index (χ1) is 15.2. The molecule has 0 aromatic heterocycles. The van der Waals surface area contributed by atoms with Crippen LogP contribution >= 0.6 is 0 Å². The summed E-state index contributed by atoms with van der Waals surface area (Å²) in [5, 5.41) is 3.06. The number of para-hydroxylation sites is 2. The van der Waals surface area contributed by atoms with E-state index in [-0.39, 0.29) is 23.7 Å². The molecule has 158 valence electrons. The van der Waals surface area contributed by atoms with E-state index < -0.39 is 0 Å². The van der Waals surface area contributed by atoms with Gasteiger partial charge in [0.25, 0.3) is 0 Å². The van der Waals surface area contributed by atoms with Crippen molar-refractivity contribution in [2.24, 2.45) is 5.92 Å². The first-order valence-electron chi connectivity index (χ1n) is 10.9. The van der Waals surface area contributed by atoms with E-state index in [1.807, 2.05) is 18.2 Å². The van der Waals surface area contributed by atoms with Gasteiger partial charge >= 0.3 is 0 Å². The average Bonchev–Trinajstić information content (AvgIpc) is 2.82. The van der Waals surface area contributed by atoms with Crippen LogP contribution in [0.15, 0.2) is 78.9 Å². The van der Waals surface area contributed by atoms with Crippen LogP contribution in [0.3, 0.4) is 0 Å². The zero-order valence-electron chi connectivity index (χ0n) is 17.4. The van der Waals surface area contributed by atoms with Crippen LogP contribution in [0, 0.1) is 11.7 Å². The molecule has 1 fully saturated rings. The summed E-state index contributed by atoms with van der Waals surface area (Å²) < 4.78 is 13.5. The molecule has 2 atom stereocenters. The van der Waals surface area contributed by atoms with Crippen molar-refractivity contribution in [2.45, 2.75) is 19.0 Å². The van der Waals surface area contributed by atoms with Gasteiger partial charge in [0.2, 0.25) is 5.91 Å². The Hall–Kier alpha value is -3.34. The van der Waals surface area contributed by atoms with Crippen LogP contribution in [0.1, 0.15) is 11.1 Å². The first-order valence-corrected chi connectivity index (χ1v) is 10.9. The third-order valence-corrected chi connectivity index (χ3v) is 6.44. The van der Waals surface area contributed by atoms with Gasteiger partial charge in [0.15, 0.2) is 0 Å². The van der Waals surface area contributed by atoms with E-state index in [2.05, 4.69) is 57.6 Å². The van der Waals surface area contributed by atoms with Gasteiger partial charge in [-0.25, -0.2) is 4.39 Å². The number of nitrogens with zero attached hydrogens (tertiary/aromatic N) is 2. The van der Waals surface area contributed by atoms with Crippen LogP contribution in [0.25, 0.3) is 0 Å². The van der Waals surface area contributed by atoms with E-state index in [0.717, 1.165) is 31.6 Å². The number of piperazine rings is 1. The van der Waals surface area contributed by atoms with Crippen molar-refractivity contribution in [3.63, 3.8) is 0 Å². The normalized spacial score (nSPS) is 20.0. The highest BCUT2D eigenvalue weighted by Gasteiger charge is 2.41. The summed E-state index contributed by atoms with van der Waals surface area (Å²) in [5.41, 5.74) is 4.43. The lowest BCUT2D eigenvalue weighted by Gasteiger charge is -2.49. The molecular formula is C26H26FN3O. The molecule has 31 heavy (non-hydrogen) atoms. The Morgan fingerprint density at radius 2 is 1.77 bits per heavy atom. The van der Waals surface area contributed by atoms with Gasteiger partial charge in [-0.1, -0.05) is 48.5 Å². The Morgan fingerprint density at radius 1 is 0.968 bits per heavy atom. The molecule has 1 N–H and O–H groups in total. The minimum Gasteiger partial charge on any atom is -0.368 e.